The third kappa shape index (κ3) is 3.00. The zero-order chi connectivity index (χ0) is 13.2. The molecular weight excluding hydrogens is 230 g/mol. The van der Waals surface area contributed by atoms with Crippen molar-refractivity contribution in [3.8, 4) is 5.75 Å². The van der Waals surface area contributed by atoms with E-state index in [2.05, 4.69) is 5.32 Å². The van der Waals surface area contributed by atoms with Gasteiger partial charge in [0.2, 0.25) is 5.91 Å². The summed E-state index contributed by atoms with van der Waals surface area (Å²) in [6.45, 7) is 3.87. The molecule has 98 valence electrons. The van der Waals surface area contributed by atoms with Gasteiger partial charge in [0.05, 0.1) is 19.3 Å². The number of anilines is 1. The summed E-state index contributed by atoms with van der Waals surface area (Å²) in [4.78, 5) is 13.9. The Morgan fingerprint density at radius 2 is 2.17 bits per heavy atom. The number of hydrogen-bond acceptors (Lipinski definition) is 4. The predicted molar refractivity (Wildman–Crippen MR) is 70.7 cm³/mol. The van der Waals surface area contributed by atoms with Gasteiger partial charge in [-0.1, -0.05) is 12.1 Å². The Morgan fingerprint density at radius 1 is 1.50 bits per heavy atom. The zero-order valence-electron chi connectivity index (χ0n) is 10.8. The van der Waals surface area contributed by atoms with Crippen molar-refractivity contribution in [1.82, 2.24) is 4.90 Å². The molecule has 0 aromatic heterocycles. The minimum Gasteiger partial charge on any atom is -0.495 e. The van der Waals surface area contributed by atoms with Crippen LogP contribution >= 0.6 is 0 Å². The van der Waals surface area contributed by atoms with Crippen LogP contribution in [0.15, 0.2) is 24.3 Å². The Bertz CT molecular complexity index is 438. The molecule has 0 radical (unpaired) electrons. The van der Waals surface area contributed by atoms with Crippen LogP contribution in [-0.2, 0) is 4.79 Å². The summed E-state index contributed by atoms with van der Waals surface area (Å²) >= 11 is 0. The molecule has 1 amide bonds. The summed E-state index contributed by atoms with van der Waals surface area (Å²) in [6.07, 6.45) is 0. The molecule has 1 aromatic carbocycles. The fraction of sp³-hybridized carbons (Fsp3) is 0.462. The predicted octanol–water partition coefficient (Wildman–Crippen LogP) is 0.667. The van der Waals surface area contributed by atoms with Crippen LogP contribution in [0.4, 0.5) is 5.69 Å². The highest BCUT2D eigenvalue weighted by Crippen LogP contribution is 2.23. The van der Waals surface area contributed by atoms with Crippen molar-refractivity contribution in [2.75, 3.05) is 32.1 Å². The van der Waals surface area contributed by atoms with Crippen molar-refractivity contribution in [1.29, 1.82) is 0 Å². The van der Waals surface area contributed by atoms with Crippen LogP contribution in [0.2, 0.25) is 0 Å². The van der Waals surface area contributed by atoms with Crippen molar-refractivity contribution in [3.63, 3.8) is 0 Å². The lowest BCUT2D eigenvalue weighted by atomic mass is 9.94. The third-order valence-corrected chi connectivity index (χ3v) is 2.92. The Balaban J connectivity index is 1.88. The molecule has 1 aliphatic heterocycles. The summed E-state index contributed by atoms with van der Waals surface area (Å²) in [7, 11) is 1.58. The molecule has 1 heterocycles. The number of benzene rings is 1. The Labute approximate surface area is 107 Å². The van der Waals surface area contributed by atoms with Gasteiger partial charge >= 0.3 is 0 Å². The van der Waals surface area contributed by atoms with E-state index in [1.165, 1.54) is 0 Å². The molecule has 0 atom stereocenters. The molecule has 1 aliphatic rings. The molecule has 1 fully saturated rings. The van der Waals surface area contributed by atoms with Gasteiger partial charge < -0.3 is 15.8 Å². The number of nitrogens with one attached hydrogen (secondary N) is 1. The number of carbonyl (C=O) groups is 1. The second kappa shape index (κ2) is 4.96. The SMILES string of the molecule is COc1ccccc1NC(=O)CN1CC(C)(N)C1. The number of hydrogen-bond donors (Lipinski definition) is 2. The van der Waals surface area contributed by atoms with E-state index in [0.29, 0.717) is 18.0 Å². The second-order valence-electron chi connectivity index (χ2n) is 5.05. The number of rotatable bonds is 4. The lowest BCUT2D eigenvalue weighted by Gasteiger charge is -2.44. The highest BCUT2D eigenvalue weighted by Gasteiger charge is 2.35. The maximum absolute atomic E-state index is 11.8. The number of carbonyl (C=O) groups excluding carboxylic acids is 1. The smallest absolute Gasteiger partial charge is 0.238 e. The molecule has 0 bridgehead atoms. The van der Waals surface area contributed by atoms with Gasteiger partial charge in [0.15, 0.2) is 0 Å². The van der Waals surface area contributed by atoms with E-state index in [-0.39, 0.29) is 11.4 Å². The van der Waals surface area contributed by atoms with Gasteiger partial charge in [0.1, 0.15) is 5.75 Å². The largest absolute Gasteiger partial charge is 0.495 e. The molecule has 3 N–H and O–H groups in total. The fourth-order valence-corrected chi connectivity index (χ4v) is 2.23. The monoisotopic (exact) mass is 249 g/mol. The van der Waals surface area contributed by atoms with Gasteiger partial charge in [-0.25, -0.2) is 0 Å². The highest BCUT2D eigenvalue weighted by atomic mass is 16.5. The van der Waals surface area contributed by atoms with Crippen LogP contribution in [0.5, 0.6) is 5.75 Å². The molecule has 0 unspecified atom stereocenters. The quantitative estimate of drug-likeness (QED) is 0.823. The van der Waals surface area contributed by atoms with E-state index >= 15 is 0 Å². The Hall–Kier alpha value is -1.59. The number of methoxy groups -OCH3 is 1. The molecule has 5 nitrogen and oxygen atoms in total. The molecule has 2 rings (SSSR count). The first-order chi connectivity index (χ1) is 8.50. The minimum atomic E-state index is -0.148. The summed E-state index contributed by atoms with van der Waals surface area (Å²) in [5.74, 6) is 0.619. The van der Waals surface area contributed by atoms with Crippen molar-refractivity contribution >= 4 is 11.6 Å². The van der Waals surface area contributed by atoms with Crippen molar-refractivity contribution in [2.45, 2.75) is 12.5 Å². The lowest BCUT2D eigenvalue weighted by molar-refractivity contribution is -0.119. The van der Waals surface area contributed by atoms with Crippen molar-refractivity contribution in [3.05, 3.63) is 24.3 Å². The van der Waals surface area contributed by atoms with Crippen LogP contribution in [0.25, 0.3) is 0 Å². The standard InChI is InChI=1S/C13H19N3O2/c1-13(14)8-16(9-13)7-12(17)15-10-5-3-4-6-11(10)18-2/h3-6H,7-9,14H2,1-2H3,(H,15,17). The van der Waals surface area contributed by atoms with Crippen molar-refractivity contribution < 1.29 is 9.53 Å². The van der Waals surface area contributed by atoms with Gasteiger partial charge in [-0.15, -0.1) is 0 Å². The van der Waals surface area contributed by atoms with E-state index in [1.807, 2.05) is 36.1 Å². The molecule has 18 heavy (non-hydrogen) atoms. The first-order valence-electron chi connectivity index (χ1n) is 5.94. The fourth-order valence-electron chi connectivity index (χ4n) is 2.23. The van der Waals surface area contributed by atoms with Gasteiger partial charge in [-0.3, -0.25) is 9.69 Å². The van der Waals surface area contributed by atoms with Crippen LogP contribution in [0.3, 0.4) is 0 Å². The van der Waals surface area contributed by atoms with E-state index in [9.17, 15) is 4.79 Å². The van der Waals surface area contributed by atoms with E-state index in [1.54, 1.807) is 7.11 Å². The molecule has 0 spiro atoms. The van der Waals surface area contributed by atoms with E-state index < -0.39 is 0 Å². The number of ether oxygens (including phenoxy) is 1. The summed E-state index contributed by atoms with van der Waals surface area (Å²) in [6, 6.07) is 7.36. The lowest BCUT2D eigenvalue weighted by Crippen LogP contribution is -2.66. The van der Waals surface area contributed by atoms with Gasteiger partial charge in [0, 0.05) is 18.6 Å². The maximum Gasteiger partial charge on any atom is 0.238 e. The normalized spacial score (nSPS) is 17.9. The Morgan fingerprint density at radius 3 is 2.78 bits per heavy atom. The summed E-state index contributed by atoms with van der Waals surface area (Å²) in [5.41, 5.74) is 6.44. The first kappa shape index (κ1) is 12.9. The number of nitrogens with zero attached hydrogens (tertiary/aromatic N) is 1. The minimum absolute atomic E-state index is 0.0463. The average Bonchev–Trinajstić information content (AvgIpc) is 2.27. The Kier molecular flexibility index (Phi) is 3.54. The van der Waals surface area contributed by atoms with Crippen LogP contribution in [0, 0.1) is 0 Å². The third-order valence-electron chi connectivity index (χ3n) is 2.92. The topological polar surface area (TPSA) is 67.6 Å². The number of nitrogens with two attached hydrogens (primary N) is 1. The zero-order valence-corrected chi connectivity index (χ0v) is 10.8. The van der Waals surface area contributed by atoms with Gasteiger partial charge in [-0.2, -0.15) is 0 Å². The molecule has 0 aliphatic carbocycles. The number of para-hydroxylation sites is 2. The van der Waals surface area contributed by atoms with Crippen molar-refractivity contribution in [2.24, 2.45) is 5.73 Å². The average molecular weight is 249 g/mol. The molecular formula is C13H19N3O2. The number of likely N-dealkylation sites (tertiary alicyclic amines) is 1. The first-order valence-corrected chi connectivity index (χ1v) is 5.94. The summed E-state index contributed by atoms with van der Waals surface area (Å²) < 4.78 is 5.18. The molecule has 1 aromatic rings. The highest BCUT2D eigenvalue weighted by molar-refractivity contribution is 5.93. The van der Waals surface area contributed by atoms with E-state index in [0.717, 1.165) is 13.1 Å². The van der Waals surface area contributed by atoms with E-state index in [4.69, 9.17) is 10.5 Å². The molecule has 0 saturated carbocycles. The van der Waals surface area contributed by atoms with Gasteiger partial charge in [-0.05, 0) is 19.1 Å². The summed E-state index contributed by atoms with van der Waals surface area (Å²) in [5, 5.41) is 2.84. The number of amides is 1. The van der Waals surface area contributed by atoms with Crippen LogP contribution in [-0.4, -0.2) is 43.1 Å². The van der Waals surface area contributed by atoms with Crippen LogP contribution in [0.1, 0.15) is 6.92 Å². The maximum atomic E-state index is 11.8. The second-order valence-corrected chi connectivity index (χ2v) is 5.05. The van der Waals surface area contributed by atoms with Gasteiger partial charge in [0.25, 0.3) is 0 Å². The molecule has 5 heteroatoms. The molecule has 1 saturated heterocycles. The van der Waals surface area contributed by atoms with Crippen LogP contribution < -0.4 is 15.8 Å².